The summed E-state index contributed by atoms with van der Waals surface area (Å²) >= 11 is 0. The lowest BCUT2D eigenvalue weighted by atomic mass is 10.2. The molecular weight excluding hydrogens is 188 g/mol. The minimum absolute atomic E-state index is 0.577. The lowest BCUT2D eigenvalue weighted by Gasteiger charge is -2.31. The summed E-state index contributed by atoms with van der Waals surface area (Å²) in [4.78, 5) is 2.61. The molecule has 0 aromatic rings. The van der Waals surface area contributed by atoms with Gasteiger partial charge in [-0.05, 0) is 39.2 Å². The van der Waals surface area contributed by atoms with Crippen LogP contribution in [0.25, 0.3) is 0 Å². The Labute approximate surface area is 93.2 Å². The fourth-order valence-electron chi connectivity index (χ4n) is 2.55. The van der Waals surface area contributed by atoms with Crippen LogP contribution >= 0.6 is 0 Å². The Bertz CT molecular complexity index is 194. The number of hydrogen-bond acceptors (Lipinski definition) is 3. The largest absolute Gasteiger partial charge is 0.383 e. The zero-order valence-corrected chi connectivity index (χ0v) is 10.0. The van der Waals surface area contributed by atoms with Crippen molar-refractivity contribution in [2.75, 3.05) is 26.8 Å². The topological polar surface area (TPSA) is 24.5 Å². The van der Waals surface area contributed by atoms with Crippen LogP contribution in [0, 0.1) is 0 Å². The molecule has 1 saturated carbocycles. The Kier molecular flexibility index (Phi) is 4.00. The second-order valence-electron chi connectivity index (χ2n) is 5.02. The fraction of sp³-hybridized carbons (Fsp3) is 1.00. The van der Waals surface area contributed by atoms with Gasteiger partial charge >= 0.3 is 0 Å². The highest BCUT2D eigenvalue weighted by Crippen LogP contribution is 2.22. The maximum Gasteiger partial charge on any atom is 0.0630 e. The Hall–Kier alpha value is -0.120. The summed E-state index contributed by atoms with van der Waals surface area (Å²) in [7, 11) is 1.81. The van der Waals surface area contributed by atoms with Gasteiger partial charge < -0.3 is 10.1 Å². The Morgan fingerprint density at radius 1 is 1.40 bits per heavy atom. The molecule has 1 heterocycles. The van der Waals surface area contributed by atoms with Crippen molar-refractivity contribution in [2.45, 2.75) is 50.7 Å². The van der Waals surface area contributed by atoms with E-state index in [9.17, 15) is 0 Å². The minimum Gasteiger partial charge on any atom is -0.383 e. The summed E-state index contributed by atoms with van der Waals surface area (Å²) in [5.74, 6) is 0. The third-order valence-electron chi connectivity index (χ3n) is 3.65. The van der Waals surface area contributed by atoms with Crippen molar-refractivity contribution in [1.29, 1.82) is 0 Å². The lowest BCUT2D eigenvalue weighted by Crippen LogP contribution is -2.47. The molecule has 2 fully saturated rings. The molecule has 88 valence electrons. The molecule has 0 aromatic heterocycles. The van der Waals surface area contributed by atoms with Crippen LogP contribution in [0.4, 0.5) is 0 Å². The summed E-state index contributed by atoms with van der Waals surface area (Å²) in [6.45, 7) is 5.56. The van der Waals surface area contributed by atoms with Crippen molar-refractivity contribution in [1.82, 2.24) is 10.2 Å². The molecule has 0 amide bonds. The molecule has 15 heavy (non-hydrogen) atoms. The van der Waals surface area contributed by atoms with Gasteiger partial charge in [0.15, 0.2) is 0 Å². The van der Waals surface area contributed by atoms with Gasteiger partial charge in [-0.3, -0.25) is 4.90 Å². The smallest absolute Gasteiger partial charge is 0.0630 e. The van der Waals surface area contributed by atoms with Crippen LogP contribution in [-0.4, -0.2) is 49.8 Å². The van der Waals surface area contributed by atoms with Gasteiger partial charge in [0, 0.05) is 31.8 Å². The molecule has 1 saturated heterocycles. The van der Waals surface area contributed by atoms with Gasteiger partial charge in [-0.25, -0.2) is 0 Å². The quantitative estimate of drug-likeness (QED) is 0.717. The van der Waals surface area contributed by atoms with Crippen molar-refractivity contribution >= 4 is 0 Å². The number of rotatable bonds is 6. The first-order chi connectivity index (χ1) is 7.31. The highest BCUT2D eigenvalue weighted by molar-refractivity contribution is 4.87. The van der Waals surface area contributed by atoms with E-state index in [1.54, 1.807) is 0 Å². The Morgan fingerprint density at radius 3 is 2.73 bits per heavy atom. The van der Waals surface area contributed by atoms with Gasteiger partial charge in [0.2, 0.25) is 0 Å². The molecule has 2 aliphatic rings. The van der Waals surface area contributed by atoms with E-state index < -0.39 is 0 Å². The van der Waals surface area contributed by atoms with Crippen LogP contribution in [0.15, 0.2) is 0 Å². The second-order valence-corrected chi connectivity index (χ2v) is 5.02. The van der Waals surface area contributed by atoms with Gasteiger partial charge in [-0.1, -0.05) is 0 Å². The highest BCUT2D eigenvalue weighted by atomic mass is 16.5. The summed E-state index contributed by atoms with van der Waals surface area (Å²) in [5, 5.41) is 3.62. The number of ether oxygens (including phenoxy) is 1. The zero-order chi connectivity index (χ0) is 10.7. The minimum atomic E-state index is 0.577. The van der Waals surface area contributed by atoms with Gasteiger partial charge in [0.1, 0.15) is 0 Å². The number of nitrogens with zero attached hydrogens (tertiary/aromatic N) is 1. The predicted octanol–water partition coefficient (Wildman–Crippen LogP) is 1.24. The van der Waals surface area contributed by atoms with Crippen LogP contribution in [0.5, 0.6) is 0 Å². The van der Waals surface area contributed by atoms with Gasteiger partial charge in [0.25, 0.3) is 0 Å². The molecular formula is C12H24N2O. The number of nitrogens with one attached hydrogen (secondary N) is 1. The number of hydrogen-bond donors (Lipinski definition) is 1. The molecule has 2 atom stereocenters. The van der Waals surface area contributed by atoms with Crippen molar-refractivity contribution < 1.29 is 4.74 Å². The molecule has 0 radical (unpaired) electrons. The summed E-state index contributed by atoms with van der Waals surface area (Å²) in [5.41, 5.74) is 0. The van der Waals surface area contributed by atoms with Crippen LogP contribution < -0.4 is 5.32 Å². The van der Waals surface area contributed by atoms with E-state index in [-0.39, 0.29) is 0 Å². The maximum atomic E-state index is 5.34. The van der Waals surface area contributed by atoms with E-state index >= 15 is 0 Å². The van der Waals surface area contributed by atoms with Crippen LogP contribution in [-0.2, 0) is 4.74 Å². The van der Waals surface area contributed by atoms with Crippen LogP contribution in [0.3, 0.4) is 0 Å². The van der Waals surface area contributed by atoms with E-state index in [2.05, 4.69) is 17.1 Å². The van der Waals surface area contributed by atoms with Gasteiger partial charge in [-0.2, -0.15) is 0 Å². The summed E-state index contributed by atoms with van der Waals surface area (Å²) in [6.07, 6.45) is 5.44. The van der Waals surface area contributed by atoms with Crippen molar-refractivity contribution in [2.24, 2.45) is 0 Å². The molecule has 1 N–H and O–H groups in total. The fourth-order valence-corrected chi connectivity index (χ4v) is 2.55. The van der Waals surface area contributed by atoms with Crippen molar-refractivity contribution in [3.8, 4) is 0 Å². The molecule has 3 heteroatoms. The van der Waals surface area contributed by atoms with E-state index in [1.807, 2.05) is 7.11 Å². The number of methoxy groups -OCH3 is 1. The zero-order valence-electron chi connectivity index (χ0n) is 10.0. The molecule has 0 bridgehead atoms. The Balaban J connectivity index is 1.79. The van der Waals surface area contributed by atoms with E-state index in [0.717, 1.165) is 25.2 Å². The normalized spacial score (nSPS) is 29.6. The van der Waals surface area contributed by atoms with E-state index in [0.29, 0.717) is 6.04 Å². The molecule has 1 aliphatic heterocycles. The van der Waals surface area contributed by atoms with Gasteiger partial charge in [-0.15, -0.1) is 0 Å². The average molecular weight is 212 g/mol. The molecule has 3 nitrogen and oxygen atoms in total. The first-order valence-electron chi connectivity index (χ1n) is 6.29. The maximum absolute atomic E-state index is 5.34. The first kappa shape index (κ1) is 11.4. The predicted molar refractivity (Wildman–Crippen MR) is 62.1 cm³/mol. The molecule has 2 rings (SSSR count). The summed E-state index contributed by atoms with van der Waals surface area (Å²) < 4.78 is 5.34. The molecule has 1 aliphatic carbocycles. The molecule has 0 spiro atoms. The Morgan fingerprint density at radius 2 is 2.20 bits per heavy atom. The van der Waals surface area contributed by atoms with E-state index in [4.69, 9.17) is 4.74 Å². The van der Waals surface area contributed by atoms with Crippen LogP contribution in [0.2, 0.25) is 0 Å². The highest BCUT2D eigenvalue weighted by Gasteiger charge is 2.29. The average Bonchev–Trinajstić information content (AvgIpc) is 2.96. The molecule has 0 aromatic carbocycles. The standard InChI is InChI=1S/C12H24N2O/c1-10-4-3-7-14(10)12(9-15-2)8-13-11-5-6-11/h10-13H,3-9H2,1-2H3. The van der Waals surface area contributed by atoms with Gasteiger partial charge in [0.05, 0.1) is 6.61 Å². The monoisotopic (exact) mass is 212 g/mol. The summed E-state index contributed by atoms with van der Waals surface area (Å²) in [6, 6.07) is 2.13. The second kappa shape index (κ2) is 5.28. The SMILES string of the molecule is COCC(CNC1CC1)N1CCCC1C. The van der Waals surface area contributed by atoms with Crippen LogP contribution in [0.1, 0.15) is 32.6 Å². The van der Waals surface area contributed by atoms with Crippen molar-refractivity contribution in [3.63, 3.8) is 0 Å². The van der Waals surface area contributed by atoms with Crippen molar-refractivity contribution in [3.05, 3.63) is 0 Å². The third kappa shape index (κ3) is 3.16. The number of likely N-dealkylation sites (tertiary alicyclic amines) is 1. The molecule has 2 unspecified atom stereocenters. The lowest BCUT2D eigenvalue weighted by molar-refractivity contribution is 0.0851. The van der Waals surface area contributed by atoms with E-state index in [1.165, 1.54) is 32.2 Å². The third-order valence-corrected chi connectivity index (χ3v) is 3.65. The first-order valence-corrected chi connectivity index (χ1v) is 6.29.